The third-order valence-corrected chi connectivity index (χ3v) is 6.39. The predicted molar refractivity (Wildman–Crippen MR) is 128 cm³/mol. The maximum atomic E-state index is 12.8. The maximum absolute atomic E-state index is 12.8. The molecule has 4 heterocycles. The lowest BCUT2D eigenvalue weighted by Gasteiger charge is -2.17. The minimum atomic E-state index is -4.43. The van der Waals surface area contributed by atoms with Gasteiger partial charge in [0.25, 0.3) is 5.91 Å². The molecule has 0 unspecified atom stereocenters. The molecule has 0 saturated carbocycles. The summed E-state index contributed by atoms with van der Waals surface area (Å²) in [5.74, 6) is -0.499. The van der Waals surface area contributed by atoms with Crippen LogP contribution in [0.5, 0.6) is 0 Å². The molecule has 4 atom stereocenters. The molecule has 5 N–H and O–H groups in total. The molecule has 4 aromatic rings. The van der Waals surface area contributed by atoms with Crippen LogP contribution in [0.25, 0.3) is 22.3 Å². The van der Waals surface area contributed by atoms with Crippen LogP contribution in [0.1, 0.15) is 17.4 Å². The van der Waals surface area contributed by atoms with Gasteiger partial charge in [-0.05, 0) is 30.2 Å². The molecule has 0 spiro atoms. The van der Waals surface area contributed by atoms with Gasteiger partial charge < -0.3 is 30.6 Å². The van der Waals surface area contributed by atoms with Crippen molar-refractivity contribution < 1.29 is 32.9 Å². The van der Waals surface area contributed by atoms with Gasteiger partial charge in [0.1, 0.15) is 30.0 Å². The number of hydrogen-bond donors (Lipinski definition) is 4. The first kappa shape index (κ1) is 25.6. The highest BCUT2D eigenvalue weighted by atomic mass is 19.4. The smallest absolute Gasteiger partial charge is 0.387 e. The van der Waals surface area contributed by atoms with Crippen molar-refractivity contribution in [2.75, 3.05) is 12.3 Å². The molecule has 11 nitrogen and oxygen atoms in total. The highest BCUT2D eigenvalue weighted by molar-refractivity contribution is 5.99. The zero-order valence-corrected chi connectivity index (χ0v) is 20.0. The van der Waals surface area contributed by atoms with Crippen LogP contribution in [0.2, 0.25) is 0 Å². The van der Waals surface area contributed by atoms with Crippen molar-refractivity contribution in [2.24, 2.45) is 7.05 Å². The predicted octanol–water partition coefficient (Wildman–Crippen LogP) is 1.41. The number of nitrogen functional groups attached to an aromatic ring is 1. The number of halogens is 3. The van der Waals surface area contributed by atoms with E-state index in [1.807, 2.05) is 0 Å². The molecular formula is C24H24F3N7O4. The number of rotatable bonds is 6. The molecule has 200 valence electrons. The Kier molecular flexibility index (Phi) is 6.54. The molecule has 1 aliphatic rings. The second-order valence-corrected chi connectivity index (χ2v) is 8.95. The monoisotopic (exact) mass is 531 g/mol. The van der Waals surface area contributed by atoms with Crippen LogP contribution in [-0.4, -0.2) is 65.3 Å². The highest BCUT2D eigenvalue weighted by Crippen LogP contribution is 2.38. The van der Waals surface area contributed by atoms with Gasteiger partial charge in [-0.3, -0.25) is 9.48 Å². The Balaban J connectivity index is 1.31. The lowest BCUT2D eigenvalue weighted by molar-refractivity contribution is -0.138. The number of aliphatic hydroxyl groups excluding tert-OH is 2. The van der Waals surface area contributed by atoms with Crippen molar-refractivity contribution in [1.29, 1.82) is 0 Å². The summed E-state index contributed by atoms with van der Waals surface area (Å²) < 4.78 is 47.1. The van der Waals surface area contributed by atoms with Crippen molar-refractivity contribution in [2.45, 2.75) is 37.1 Å². The molecule has 0 radical (unpaired) electrons. The van der Waals surface area contributed by atoms with Gasteiger partial charge in [-0.15, -0.1) is 0 Å². The van der Waals surface area contributed by atoms with E-state index in [0.717, 1.165) is 12.1 Å². The molecule has 1 amide bonds. The average molecular weight is 531 g/mol. The number of amides is 1. The van der Waals surface area contributed by atoms with Crippen LogP contribution in [0, 0.1) is 0 Å². The minimum absolute atomic E-state index is 0.0809. The number of benzene rings is 1. The summed E-state index contributed by atoms with van der Waals surface area (Å²) in [7, 11) is 1.75. The van der Waals surface area contributed by atoms with Gasteiger partial charge in [0.15, 0.2) is 12.3 Å². The summed E-state index contributed by atoms with van der Waals surface area (Å²) in [5, 5.41) is 28.8. The number of anilines is 1. The molecule has 5 rings (SSSR count). The first-order chi connectivity index (χ1) is 18.0. The van der Waals surface area contributed by atoms with Gasteiger partial charge in [0, 0.05) is 31.5 Å². The number of hydrogen-bond acceptors (Lipinski definition) is 8. The van der Waals surface area contributed by atoms with E-state index in [0.29, 0.717) is 27.9 Å². The number of fused-ring (bicyclic) bond motifs is 1. The summed E-state index contributed by atoms with van der Waals surface area (Å²) in [6.07, 6.45) is -5.18. The first-order valence-electron chi connectivity index (χ1n) is 11.6. The van der Waals surface area contributed by atoms with Gasteiger partial charge in [-0.25, -0.2) is 9.97 Å². The molecular weight excluding hydrogens is 507 g/mol. The molecule has 38 heavy (non-hydrogen) atoms. The minimum Gasteiger partial charge on any atom is -0.387 e. The lowest BCUT2D eigenvalue weighted by Crippen LogP contribution is -2.43. The van der Waals surface area contributed by atoms with E-state index in [1.165, 1.54) is 23.0 Å². The maximum Gasteiger partial charge on any atom is 0.416 e. The number of ether oxygens (including phenoxy) is 1. The quantitative estimate of drug-likeness (QED) is 0.291. The van der Waals surface area contributed by atoms with E-state index in [4.69, 9.17) is 10.5 Å². The number of aliphatic hydroxyl groups is 2. The highest BCUT2D eigenvalue weighted by Gasteiger charge is 2.47. The van der Waals surface area contributed by atoms with E-state index in [9.17, 15) is 28.2 Å². The summed E-state index contributed by atoms with van der Waals surface area (Å²) in [6, 6.07) is 6.37. The van der Waals surface area contributed by atoms with E-state index in [2.05, 4.69) is 20.4 Å². The Hall–Kier alpha value is -4.01. The van der Waals surface area contributed by atoms with Crippen LogP contribution >= 0.6 is 0 Å². The van der Waals surface area contributed by atoms with E-state index in [-0.39, 0.29) is 18.8 Å². The largest absolute Gasteiger partial charge is 0.416 e. The molecule has 14 heteroatoms. The zero-order chi connectivity index (χ0) is 27.2. The number of alkyl halides is 3. The van der Waals surface area contributed by atoms with Gasteiger partial charge in [0.05, 0.1) is 16.6 Å². The Morgan fingerprint density at radius 2 is 1.89 bits per heavy atom. The normalized spacial score (nSPS) is 21.7. The van der Waals surface area contributed by atoms with E-state index < -0.39 is 42.2 Å². The number of aryl methyl sites for hydroxylation is 1. The number of nitrogens with two attached hydrogens (primary N) is 1. The summed E-state index contributed by atoms with van der Waals surface area (Å²) in [4.78, 5) is 21.1. The summed E-state index contributed by atoms with van der Waals surface area (Å²) >= 11 is 0. The van der Waals surface area contributed by atoms with Crippen LogP contribution in [0.4, 0.5) is 19.0 Å². The van der Waals surface area contributed by atoms with Crippen molar-refractivity contribution in [3.63, 3.8) is 0 Å². The standard InChI is InChI=1S/C24H24F3N7O4/c1-33-9-7-15(32-33)14-10-34(21-16(14)20(28)30-11-31-21)23-18(36)17(35)19(38-23)22(37)29-8-6-12-2-4-13(5-3-12)24(25,26)27/h2-5,7,9-11,17-19,23,35-36H,6,8H2,1H3,(H,29,37)(H2,28,30,31)/t17-,18+,19-,23+/m0/s1. The molecule has 1 aliphatic heterocycles. The topological polar surface area (TPSA) is 153 Å². The fourth-order valence-electron chi connectivity index (χ4n) is 4.45. The molecule has 1 fully saturated rings. The van der Waals surface area contributed by atoms with Crippen LogP contribution < -0.4 is 11.1 Å². The lowest BCUT2D eigenvalue weighted by atomic mass is 10.1. The fraction of sp³-hybridized carbons (Fsp3) is 0.333. The number of nitrogens with zero attached hydrogens (tertiary/aromatic N) is 5. The van der Waals surface area contributed by atoms with Crippen molar-refractivity contribution in [3.8, 4) is 11.3 Å². The Bertz CT molecular complexity index is 1470. The number of aromatic nitrogens is 5. The van der Waals surface area contributed by atoms with Gasteiger partial charge in [-0.1, -0.05) is 12.1 Å². The molecule has 1 saturated heterocycles. The van der Waals surface area contributed by atoms with Crippen molar-refractivity contribution in [3.05, 3.63) is 60.2 Å². The van der Waals surface area contributed by atoms with Crippen molar-refractivity contribution in [1.82, 2.24) is 29.6 Å². The molecule has 3 aromatic heterocycles. The zero-order valence-electron chi connectivity index (χ0n) is 20.0. The van der Waals surface area contributed by atoms with E-state index in [1.54, 1.807) is 30.2 Å². The SMILES string of the molecule is Cn1ccc(-c2cn([C@@H]3O[C@H](C(=O)NCCc4ccc(C(F)(F)F)cc4)[C@@H](O)[C@H]3O)c3ncnc(N)c23)n1. The van der Waals surface area contributed by atoms with Crippen LogP contribution in [0.15, 0.2) is 49.1 Å². The number of nitrogens with one attached hydrogen (secondary N) is 1. The van der Waals surface area contributed by atoms with Crippen LogP contribution in [-0.2, 0) is 29.2 Å². The van der Waals surface area contributed by atoms with Gasteiger partial charge >= 0.3 is 6.18 Å². The average Bonchev–Trinajstić information content (AvgIpc) is 3.55. The number of carbonyl (C=O) groups is 1. The second kappa shape index (κ2) is 9.70. The Labute approximate surface area is 213 Å². The van der Waals surface area contributed by atoms with Crippen molar-refractivity contribution >= 4 is 22.8 Å². The Morgan fingerprint density at radius 1 is 1.16 bits per heavy atom. The fourth-order valence-corrected chi connectivity index (χ4v) is 4.45. The Morgan fingerprint density at radius 3 is 2.55 bits per heavy atom. The molecule has 0 bridgehead atoms. The second-order valence-electron chi connectivity index (χ2n) is 8.95. The molecule has 1 aromatic carbocycles. The van der Waals surface area contributed by atoms with E-state index >= 15 is 0 Å². The van der Waals surface area contributed by atoms with Gasteiger partial charge in [0.2, 0.25) is 0 Å². The summed E-state index contributed by atoms with van der Waals surface area (Å²) in [6.45, 7) is 0.0809. The third-order valence-electron chi connectivity index (χ3n) is 6.39. The first-order valence-corrected chi connectivity index (χ1v) is 11.6. The molecule has 0 aliphatic carbocycles. The summed E-state index contributed by atoms with van der Waals surface area (Å²) in [5.41, 5.74) is 7.40. The third kappa shape index (κ3) is 4.68. The number of carbonyl (C=O) groups excluding carboxylic acids is 1. The van der Waals surface area contributed by atoms with Crippen LogP contribution in [0.3, 0.4) is 0 Å². The van der Waals surface area contributed by atoms with Gasteiger partial charge in [-0.2, -0.15) is 18.3 Å².